The molecule has 0 aromatic carbocycles. The highest BCUT2D eigenvalue weighted by molar-refractivity contribution is 5.76. The molecule has 0 saturated carbocycles. The minimum atomic E-state index is -0.889. The first kappa shape index (κ1) is 11.4. The van der Waals surface area contributed by atoms with E-state index >= 15 is 0 Å². The van der Waals surface area contributed by atoms with Crippen LogP contribution in [0, 0.1) is 13.8 Å². The highest BCUT2D eigenvalue weighted by Crippen LogP contribution is 2.06. The van der Waals surface area contributed by atoms with Crippen LogP contribution in [0.15, 0.2) is 6.07 Å². The van der Waals surface area contributed by atoms with Gasteiger partial charge in [0, 0.05) is 11.4 Å². The van der Waals surface area contributed by atoms with E-state index in [-0.39, 0.29) is 0 Å². The number of carbonyl (C=O) groups is 1. The number of aliphatic carboxylic acids is 1. The average Bonchev–Trinajstić information content (AvgIpc) is 2.12. The molecule has 0 amide bonds. The van der Waals surface area contributed by atoms with Gasteiger partial charge in [0.2, 0.25) is 5.95 Å². The molecule has 0 bridgehead atoms. The molecule has 0 saturated heterocycles. The largest absolute Gasteiger partial charge is 0.480 e. The lowest BCUT2D eigenvalue weighted by molar-refractivity contribution is -0.138. The van der Waals surface area contributed by atoms with Crippen LogP contribution >= 0.6 is 0 Å². The molecule has 1 unspecified atom stereocenters. The van der Waals surface area contributed by atoms with Crippen molar-refractivity contribution in [3.8, 4) is 0 Å². The van der Waals surface area contributed by atoms with Crippen molar-refractivity contribution < 1.29 is 9.90 Å². The van der Waals surface area contributed by atoms with Crippen molar-refractivity contribution in [3.63, 3.8) is 0 Å². The van der Waals surface area contributed by atoms with Crippen LogP contribution in [-0.4, -0.2) is 27.1 Å². The van der Waals surface area contributed by atoms with E-state index in [4.69, 9.17) is 5.11 Å². The van der Waals surface area contributed by atoms with E-state index in [1.54, 1.807) is 6.92 Å². The van der Waals surface area contributed by atoms with Crippen molar-refractivity contribution in [2.24, 2.45) is 0 Å². The van der Waals surface area contributed by atoms with Crippen molar-refractivity contribution in [3.05, 3.63) is 17.5 Å². The summed E-state index contributed by atoms with van der Waals surface area (Å²) in [5.74, 6) is -0.512. The summed E-state index contributed by atoms with van der Waals surface area (Å²) in [7, 11) is 0. The minimum absolute atomic E-state index is 0.377. The maximum atomic E-state index is 10.8. The predicted octanol–water partition coefficient (Wildman–Crippen LogP) is 1.37. The Bertz CT molecular complexity index is 345. The zero-order valence-corrected chi connectivity index (χ0v) is 9.11. The summed E-state index contributed by atoms with van der Waals surface area (Å²) in [5.41, 5.74) is 1.65. The molecule has 15 heavy (non-hydrogen) atoms. The molecule has 0 aliphatic heterocycles. The fourth-order valence-electron chi connectivity index (χ4n) is 1.28. The quantitative estimate of drug-likeness (QED) is 0.783. The molecule has 0 spiro atoms. The van der Waals surface area contributed by atoms with Crippen molar-refractivity contribution in [2.75, 3.05) is 5.32 Å². The molecule has 0 radical (unpaired) electrons. The van der Waals surface area contributed by atoms with E-state index < -0.39 is 12.0 Å². The Labute approximate surface area is 88.6 Å². The van der Waals surface area contributed by atoms with Crippen molar-refractivity contribution in [1.82, 2.24) is 9.97 Å². The number of nitrogens with zero attached hydrogens (tertiary/aromatic N) is 2. The van der Waals surface area contributed by atoms with E-state index in [9.17, 15) is 4.79 Å². The van der Waals surface area contributed by atoms with Crippen LogP contribution < -0.4 is 5.32 Å². The monoisotopic (exact) mass is 209 g/mol. The summed E-state index contributed by atoms with van der Waals surface area (Å²) in [6.45, 7) is 5.50. The van der Waals surface area contributed by atoms with E-state index in [2.05, 4.69) is 15.3 Å². The van der Waals surface area contributed by atoms with Gasteiger partial charge in [-0.2, -0.15) is 0 Å². The topological polar surface area (TPSA) is 75.1 Å². The highest BCUT2D eigenvalue weighted by atomic mass is 16.4. The number of hydrogen-bond acceptors (Lipinski definition) is 4. The van der Waals surface area contributed by atoms with Crippen LogP contribution in [0.1, 0.15) is 24.7 Å². The maximum absolute atomic E-state index is 10.8. The van der Waals surface area contributed by atoms with Crippen molar-refractivity contribution in [2.45, 2.75) is 33.2 Å². The molecule has 5 nitrogen and oxygen atoms in total. The predicted molar refractivity (Wildman–Crippen MR) is 56.8 cm³/mol. The van der Waals surface area contributed by atoms with Gasteiger partial charge in [0.05, 0.1) is 0 Å². The average molecular weight is 209 g/mol. The molecule has 1 rings (SSSR count). The summed E-state index contributed by atoms with van der Waals surface area (Å²) in [6, 6.07) is 1.21. The second-order valence-electron chi connectivity index (χ2n) is 3.42. The number of carboxylic acids is 1. The van der Waals surface area contributed by atoms with Gasteiger partial charge in [-0.05, 0) is 26.3 Å². The Hall–Kier alpha value is -1.65. The number of aryl methyl sites for hydroxylation is 2. The van der Waals surface area contributed by atoms with Gasteiger partial charge in [0.15, 0.2) is 0 Å². The van der Waals surface area contributed by atoms with Gasteiger partial charge in [-0.15, -0.1) is 0 Å². The zero-order valence-electron chi connectivity index (χ0n) is 9.11. The summed E-state index contributed by atoms with van der Waals surface area (Å²) < 4.78 is 0. The van der Waals surface area contributed by atoms with Gasteiger partial charge in [-0.1, -0.05) is 6.92 Å². The van der Waals surface area contributed by atoms with E-state index in [1.807, 2.05) is 19.9 Å². The Morgan fingerprint density at radius 3 is 2.40 bits per heavy atom. The van der Waals surface area contributed by atoms with E-state index in [0.29, 0.717) is 12.4 Å². The smallest absolute Gasteiger partial charge is 0.326 e. The van der Waals surface area contributed by atoms with Crippen LogP contribution in [0.2, 0.25) is 0 Å². The Morgan fingerprint density at radius 2 is 2.00 bits per heavy atom. The molecule has 1 atom stereocenters. The fraction of sp³-hybridized carbons (Fsp3) is 0.500. The second kappa shape index (κ2) is 4.72. The molecule has 82 valence electrons. The number of hydrogen-bond donors (Lipinski definition) is 2. The number of carboxylic acid groups (broad SMARTS) is 1. The lowest BCUT2D eigenvalue weighted by Crippen LogP contribution is -2.29. The molecule has 0 aliphatic carbocycles. The van der Waals surface area contributed by atoms with E-state index in [1.165, 1.54) is 0 Å². The number of aromatic nitrogens is 2. The molecule has 5 heteroatoms. The Morgan fingerprint density at radius 1 is 1.47 bits per heavy atom. The van der Waals surface area contributed by atoms with Gasteiger partial charge in [-0.25, -0.2) is 14.8 Å². The molecule has 1 heterocycles. The first-order valence-electron chi connectivity index (χ1n) is 4.84. The van der Waals surface area contributed by atoms with Crippen LogP contribution in [0.4, 0.5) is 5.95 Å². The molecule has 0 fully saturated rings. The number of anilines is 1. The third-order valence-corrected chi connectivity index (χ3v) is 1.99. The minimum Gasteiger partial charge on any atom is -0.480 e. The molecule has 1 aromatic heterocycles. The fourth-order valence-corrected chi connectivity index (χ4v) is 1.28. The van der Waals surface area contributed by atoms with Crippen molar-refractivity contribution >= 4 is 11.9 Å². The Balaban J connectivity index is 2.83. The van der Waals surface area contributed by atoms with Gasteiger partial charge >= 0.3 is 5.97 Å². The lowest BCUT2D eigenvalue weighted by atomic mass is 10.2. The van der Waals surface area contributed by atoms with Crippen molar-refractivity contribution in [1.29, 1.82) is 0 Å². The SMILES string of the molecule is CCC(Nc1nc(C)cc(C)n1)C(=O)O. The normalized spacial score (nSPS) is 12.2. The standard InChI is InChI=1S/C10H15N3O2/c1-4-8(9(14)15)13-10-11-6(2)5-7(3)12-10/h5,8H,4H2,1-3H3,(H,14,15)(H,11,12,13). The first-order valence-corrected chi connectivity index (χ1v) is 4.84. The van der Waals surface area contributed by atoms with Crippen LogP contribution in [0.3, 0.4) is 0 Å². The first-order chi connectivity index (χ1) is 7.02. The maximum Gasteiger partial charge on any atom is 0.326 e. The summed E-state index contributed by atoms with van der Waals surface area (Å²) in [6.07, 6.45) is 0.492. The van der Waals surface area contributed by atoms with Gasteiger partial charge < -0.3 is 10.4 Å². The van der Waals surface area contributed by atoms with Crippen LogP contribution in [0.25, 0.3) is 0 Å². The molecule has 2 N–H and O–H groups in total. The molecular weight excluding hydrogens is 194 g/mol. The van der Waals surface area contributed by atoms with Gasteiger partial charge in [0.25, 0.3) is 0 Å². The summed E-state index contributed by atoms with van der Waals surface area (Å²) in [4.78, 5) is 19.0. The van der Waals surface area contributed by atoms with Crippen LogP contribution in [0.5, 0.6) is 0 Å². The second-order valence-corrected chi connectivity index (χ2v) is 3.42. The zero-order chi connectivity index (χ0) is 11.4. The lowest BCUT2D eigenvalue weighted by Gasteiger charge is -2.12. The molecular formula is C10H15N3O2. The van der Waals surface area contributed by atoms with E-state index in [0.717, 1.165) is 11.4 Å². The highest BCUT2D eigenvalue weighted by Gasteiger charge is 2.15. The third kappa shape index (κ3) is 3.19. The van der Waals surface area contributed by atoms with Crippen LogP contribution in [-0.2, 0) is 4.79 Å². The number of nitrogens with one attached hydrogen (secondary N) is 1. The van der Waals surface area contributed by atoms with Gasteiger partial charge in [0.1, 0.15) is 6.04 Å². The summed E-state index contributed by atoms with van der Waals surface area (Å²) in [5, 5.41) is 11.6. The Kier molecular flexibility index (Phi) is 3.60. The number of rotatable bonds is 4. The molecule has 1 aromatic rings. The molecule has 0 aliphatic rings. The summed E-state index contributed by atoms with van der Waals surface area (Å²) >= 11 is 0. The van der Waals surface area contributed by atoms with Gasteiger partial charge in [-0.3, -0.25) is 0 Å². The third-order valence-electron chi connectivity index (χ3n) is 1.99.